The second kappa shape index (κ2) is 23.2. The molecule has 1 saturated heterocycles. The van der Waals surface area contributed by atoms with Crippen molar-refractivity contribution in [3.63, 3.8) is 0 Å². The van der Waals surface area contributed by atoms with Crippen LogP contribution in [0.15, 0.2) is 54.3 Å². The molecule has 4 rings (SSSR count). The van der Waals surface area contributed by atoms with Crippen LogP contribution >= 0.6 is 11.3 Å². The molecular formula is C45H70N8O6S. The molecule has 3 N–H and O–H groups in total. The van der Waals surface area contributed by atoms with E-state index in [1.54, 1.807) is 44.8 Å². The van der Waals surface area contributed by atoms with Crippen molar-refractivity contribution in [2.45, 2.75) is 130 Å². The fourth-order valence-electron chi connectivity index (χ4n) is 8.77. The van der Waals surface area contributed by atoms with Crippen LogP contribution in [0.2, 0.25) is 0 Å². The highest BCUT2D eigenvalue weighted by molar-refractivity contribution is 7.09. The Morgan fingerprint density at radius 1 is 0.950 bits per heavy atom. The van der Waals surface area contributed by atoms with Crippen molar-refractivity contribution in [2.75, 3.05) is 34.9 Å². The maximum atomic E-state index is 14.5. The summed E-state index contributed by atoms with van der Waals surface area (Å²) >= 11 is 1.50. The summed E-state index contributed by atoms with van der Waals surface area (Å²) in [5.74, 6) is -0.855. The zero-order chi connectivity index (χ0) is 44.1. The van der Waals surface area contributed by atoms with E-state index in [1.807, 2.05) is 87.2 Å². The van der Waals surface area contributed by atoms with Crippen LogP contribution in [0.4, 0.5) is 0 Å². The van der Waals surface area contributed by atoms with E-state index in [2.05, 4.69) is 39.4 Å². The van der Waals surface area contributed by atoms with Gasteiger partial charge in [0.05, 0.1) is 55.3 Å². The van der Waals surface area contributed by atoms with Crippen molar-refractivity contribution in [1.82, 2.24) is 40.3 Å². The molecule has 4 amide bonds. The van der Waals surface area contributed by atoms with Gasteiger partial charge in [-0.25, -0.2) is 9.97 Å². The fourth-order valence-corrected chi connectivity index (χ4v) is 9.46. The molecular weight excluding hydrogens is 781 g/mol. The number of nitrogens with zero attached hydrogens (tertiary/aromatic N) is 5. The molecule has 1 aliphatic heterocycles. The molecule has 14 nitrogen and oxygen atoms in total. The molecule has 1 aliphatic rings. The number of carbonyl (C=O) groups excluding carboxylic acids is 4. The number of likely N-dealkylation sites (N-methyl/N-ethyl adjacent to an activating group) is 2. The summed E-state index contributed by atoms with van der Waals surface area (Å²) in [5.41, 5.74) is 1.09. The van der Waals surface area contributed by atoms with Crippen LogP contribution in [0.25, 0.3) is 0 Å². The molecule has 9 atom stereocenters. The van der Waals surface area contributed by atoms with E-state index in [4.69, 9.17) is 9.47 Å². The molecule has 0 bridgehead atoms. The van der Waals surface area contributed by atoms with Crippen molar-refractivity contribution in [3.8, 4) is 0 Å². The Balaban J connectivity index is 1.48. The van der Waals surface area contributed by atoms with Crippen LogP contribution in [0.1, 0.15) is 96.6 Å². The number of rotatable bonds is 23. The van der Waals surface area contributed by atoms with Gasteiger partial charge in [-0.2, -0.15) is 0 Å². The second-order valence-corrected chi connectivity index (χ2v) is 18.0. The molecule has 0 aliphatic carbocycles. The van der Waals surface area contributed by atoms with E-state index in [0.717, 1.165) is 29.2 Å². The van der Waals surface area contributed by atoms with E-state index in [9.17, 15) is 19.2 Å². The number of ether oxygens (including phenoxy) is 2. The number of H-pyrrole nitrogens is 1. The molecule has 0 saturated carbocycles. The van der Waals surface area contributed by atoms with Crippen molar-refractivity contribution in [2.24, 2.45) is 23.7 Å². The lowest BCUT2D eigenvalue weighted by atomic mass is 9.89. The molecule has 332 valence electrons. The number of imidazole rings is 1. The Labute approximate surface area is 361 Å². The van der Waals surface area contributed by atoms with Gasteiger partial charge in [-0.3, -0.25) is 24.1 Å². The summed E-state index contributed by atoms with van der Waals surface area (Å²) in [7, 11) is 6.80. The Hall–Kier alpha value is -4.18. The SMILES string of the molecule is CC[C@H](C)[C@@H]([C@@H](CC(=O)N1CCCC1[C@H](OC)[C@@H](C)C(=O)N[C@@H](Cc1ccccc1)c1nccs1)OC)N(C)C(=O)C(NC(=O)C(C(C)C)N(C)Cc1ncc[nH]1)C(C)C. The van der Waals surface area contributed by atoms with Crippen molar-refractivity contribution < 1.29 is 28.7 Å². The van der Waals surface area contributed by atoms with E-state index < -0.39 is 36.3 Å². The Morgan fingerprint density at radius 2 is 1.67 bits per heavy atom. The lowest BCUT2D eigenvalue weighted by Gasteiger charge is -2.41. The highest BCUT2D eigenvalue weighted by atomic mass is 32.1. The Bertz CT molecular complexity index is 1760. The highest BCUT2D eigenvalue weighted by Crippen LogP contribution is 2.31. The maximum Gasteiger partial charge on any atom is 0.245 e. The third-order valence-corrected chi connectivity index (χ3v) is 13.1. The summed E-state index contributed by atoms with van der Waals surface area (Å²) in [4.78, 5) is 74.2. The number of likely N-dealkylation sites (tertiary alicyclic amines) is 1. The zero-order valence-electron chi connectivity index (χ0n) is 37.6. The predicted octanol–water partition coefficient (Wildman–Crippen LogP) is 5.48. The molecule has 1 fully saturated rings. The summed E-state index contributed by atoms with van der Waals surface area (Å²) in [6.45, 7) is 14.8. The molecule has 0 radical (unpaired) electrons. The number of carbonyl (C=O) groups is 4. The summed E-state index contributed by atoms with van der Waals surface area (Å²) < 4.78 is 12.2. The minimum absolute atomic E-state index is 0.0328. The first-order chi connectivity index (χ1) is 28.6. The minimum atomic E-state index is -0.804. The third-order valence-electron chi connectivity index (χ3n) is 12.2. The van der Waals surface area contributed by atoms with Crippen LogP contribution in [0, 0.1) is 23.7 Å². The van der Waals surface area contributed by atoms with Crippen LogP contribution < -0.4 is 10.6 Å². The number of hydrogen-bond donors (Lipinski definition) is 3. The van der Waals surface area contributed by atoms with Crippen molar-refractivity contribution in [1.29, 1.82) is 0 Å². The molecule has 3 unspecified atom stereocenters. The lowest BCUT2D eigenvalue weighted by molar-refractivity contribution is -0.148. The maximum absolute atomic E-state index is 14.5. The number of amides is 4. The average Bonchev–Trinajstić information content (AvgIpc) is 4.04. The van der Waals surface area contributed by atoms with Gasteiger partial charge >= 0.3 is 0 Å². The van der Waals surface area contributed by atoms with Crippen LogP contribution in [0.3, 0.4) is 0 Å². The summed E-state index contributed by atoms with van der Waals surface area (Å²) in [5, 5.41) is 9.07. The first-order valence-electron chi connectivity index (χ1n) is 21.5. The Morgan fingerprint density at radius 3 is 2.23 bits per heavy atom. The zero-order valence-corrected chi connectivity index (χ0v) is 38.4. The number of nitrogens with one attached hydrogen (secondary N) is 3. The van der Waals surface area contributed by atoms with E-state index in [0.29, 0.717) is 25.9 Å². The molecule has 0 spiro atoms. The Kier molecular flexibility index (Phi) is 18.7. The van der Waals surface area contributed by atoms with Gasteiger partial charge in [0.1, 0.15) is 16.9 Å². The number of aromatic amines is 1. The number of methoxy groups -OCH3 is 2. The van der Waals surface area contributed by atoms with E-state index in [-0.39, 0.29) is 59.9 Å². The van der Waals surface area contributed by atoms with Gasteiger partial charge in [-0.05, 0) is 49.6 Å². The molecule has 15 heteroatoms. The molecule has 3 heterocycles. The van der Waals surface area contributed by atoms with Gasteiger partial charge in [-0.1, -0.05) is 85.2 Å². The number of thiazole rings is 1. The van der Waals surface area contributed by atoms with Gasteiger partial charge < -0.3 is 34.9 Å². The largest absolute Gasteiger partial charge is 0.379 e. The molecule has 60 heavy (non-hydrogen) atoms. The quantitative estimate of drug-likeness (QED) is 0.112. The van der Waals surface area contributed by atoms with Gasteiger partial charge in [0.25, 0.3) is 0 Å². The van der Waals surface area contributed by atoms with Gasteiger partial charge in [0, 0.05) is 51.8 Å². The third kappa shape index (κ3) is 12.5. The second-order valence-electron chi connectivity index (χ2n) is 17.1. The number of benzene rings is 1. The molecule has 2 aromatic heterocycles. The van der Waals surface area contributed by atoms with Crippen LogP contribution in [-0.4, -0.2) is 125 Å². The van der Waals surface area contributed by atoms with Crippen LogP contribution in [-0.2, 0) is 41.6 Å². The van der Waals surface area contributed by atoms with Crippen molar-refractivity contribution >= 4 is 35.0 Å². The predicted molar refractivity (Wildman–Crippen MR) is 235 cm³/mol. The monoisotopic (exact) mass is 851 g/mol. The topological polar surface area (TPSA) is 162 Å². The summed E-state index contributed by atoms with van der Waals surface area (Å²) in [6, 6.07) is 7.60. The fraction of sp³-hybridized carbons (Fsp3) is 0.644. The van der Waals surface area contributed by atoms with Gasteiger partial charge in [-0.15, -0.1) is 11.3 Å². The van der Waals surface area contributed by atoms with Gasteiger partial charge in [0.15, 0.2) is 0 Å². The molecule has 1 aromatic carbocycles. The standard InChI is InChI=1S/C45H70N8O6S/c1-12-30(6)40(52(9)45(57)38(28(2)3)50-43(56)39(29(4)5)51(8)27-36-46-20-21-47-36)35(58-10)26-37(54)53-23-16-19-34(53)41(59-11)31(7)42(55)49-33(44-48-22-24-60-44)25-32-17-14-13-15-18-32/h13-15,17-18,20-22,24,28-31,33-35,38-41H,12,16,19,23,25-27H2,1-11H3,(H,46,47)(H,49,55)(H,50,56)/t30-,31+,33-,34?,35+,38?,39?,40-,41+/m0/s1. The normalized spacial score (nSPS) is 18.4. The smallest absolute Gasteiger partial charge is 0.245 e. The lowest BCUT2D eigenvalue weighted by Crippen LogP contribution is -2.60. The van der Waals surface area contributed by atoms with E-state index >= 15 is 0 Å². The summed E-state index contributed by atoms with van der Waals surface area (Å²) in [6.07, 6.45) is 6.82. The highest BCUT2D eigenvalue weighted by Gasteiger charge is 2.43. The first-order valence-corrected chi connectivity index (χ1v) is 22.3. The van der Waals surface area contributed by atoms with Crippen LogP contribution in [0.5, 0.6) is 0 Å². The van der Waals surface area contributed by atoms with Crippen molar-refractivity contribution in [3.05, 3.63) is 70.7 Å². The minimum Gasteiger partial charge on any atom is -0.379 e. The molecule has 3 aromatic rings. The van der Waals surface area contributed by atoms with Gasteiger partial charge in [0.2, 0.25) is 23.6 Å². The first kappa shape index (κ1) is 48.5. The average molecular weight is 851 g/mol. The number of aromatic nitrogens is 3. The number of hydrogen-bond acceptors (Lipinski definition) is 10. The van der Waals surface area contributed by atoms with E-state index in [1.165, 1.54) is 11.3 Å².